The second-order valence-electron chi connectivity index (χ2n) is 9.04. The van der Waals surface area contributed by atoms with Gasteiger partial charge in [0.15, 0.2) is 11.5 Å². The maximum atomic E-state index is 12.6. The fourth-order valence-corrected chi connectivity index (χ4v) is 5.54. The van der Waals surface area contributed by atoms with Gasteiger partial charge in [-0.25, -0.2) is 9.97 Å². The first kappa shape index (κ1) is 18.0. The summed E-state index contributed by atoms with van der Waals surface area (Å²) in [6.45, 7) is 2.99. The van der Waals surface area contributed by atoms with Gasteiger partial charge in [-0.1, -0.05) is 18.9 Å². The van der Waals surface area contributed by atoms with Crippen molar-refractivity contribution in [3.05, 3.63) is 40.8 Å². The number of hydrogen-bond acceptors (Lipinski definition) is 6. The number of nitrogens with one attached hydrogen (secondary N) is 1. The van der Waals surface area contributed by atoms with Crippen molar-refractivity contribution in [3.8, 4) is 11.5 Å². The van der Waals surface area contributed by atoms with E-state index in [-0.39, 0.29) is 12.7 Å². The van der Waals surface area contributed by atoms with E-state index in [0.29, 0.717) is 29.9 Å². The number of rotatable bonds is 3. The van der Waals surface area contributed by atoms with Gasteiger partial charge in [0.2, 0.25) is 6.79 Å². The number of benzene rings is 1. The lowest BCUT2D eigenvalue weighted by Gasteiger charge is -2.27. The molecule has 1 spiro atoms. The van der Waals surface area contributed by atoms with E-state index in [2.05, 4.69) is 15.2 Å². The Morgan fingerprint density at radius 1 is 1.10 bits per heavy atom. The van der Waals surface area contributed by atoms with Gasteiger partial charge in [-0.15, -0.1) is 0 Å². The number of hydrogen-bond donors (Lipinski definition) is 1. The SMILES string of the molecule is O=C1NCCc2c1nc(Cc1ccc3c(c1)OCO3)nc2N1CCC2(CCCC2)C1. The van der Waals surface area contributed by atoms with Crippen LogP contribution in [0.3, 0.4) is 0 Å². The van der Waals surface area contributed by atoms with Gasteiger partial charge in [-0.05, 0) is 48.8 Å². The van der Waals surface area contributed by atoms with E-state index >= 15 is 0 Å². The first-order valence-electron chi connectivity index (χ1n) is 11.0. The first-order chi connectivity index (χ1) is 14.7. The zero-order chi connectivity index (χ0) is 20.1. The molecule has 2 aromatic rings. The van der Waals surface area contributed by atoms with Crippen molar-refractivity contribution >= 4 is 11.7 Å². The van der Waals surface area contributed by atoms with Crippen LogP contribution in [0.4, 0.5) is 5.82 Å². The molecule has 1 amide bonds. The molecule has 1 N–H and O–H groups in total. The molecule has 0 atom stereocenters. The Kier molecular flexibility index (Phi) is 4.11. The molecular formula is C23H26N4O3. The van der Waals surface area contributed by atoms with Crippen molar-refractivity contribution in [1.82, 2.24) is 15.3 Å². The van der Waals surface area contributed by atoms with Crippen molar-refractivity contribution in [2.75, 3.05) is 31.3 Å². The second-order valence-corrected chi connectivity index (χ2v) is 9.04. The maximum Gasteiger partial charge on any atom is 0.270 e. The summed E-state index contributed by atoms with van der Waals surface area (Å²) < 4.78 is 10.9. The minimum absolute atomic E-state index is 0.0818. The Morgan fingerprint density at radius 2 is 1.97 bits per heavy atom. The summed E-state index contributed by atoms with van der Waals surface area (Å²) in [5.74, 6) is 3.11. The molecule has 1 aromatic carbocycles. The highest BCUT2D eigenvalue weighted by Gasteiger charge is 2.41. The molecule has 156 valence electrons. The Bertz CT molecular complexity index is 1020. The quantitative estimate of drug-likeness (QED) is 0.845. The zero-order valence-corrected chi connectivity index (χ0v) is 17.1. The average Bonchev–Trinajstić information content (AvgIpc) is 3.50. The van der Waals surface area contributed by atoms with Crippen LogP contribution in [0.25, 0.3) is 0 Å². The van der Waals surface area contributed by atoms with E-state index in [1.165, 1.54) is 32.1 Å². The van der Waals surface area contributed by atoms with E-state index in [9.17, 15) is 4.79 Å². The average molecular weight is 406 g/mol. The summed E-state index contributed by atoms with van der Waals surface area (Å²) in [5, 5.41) is 2.95. The number of carbonyl (C=O) groups excluding carboxylic acids is 1. The molecule has 1 saturated carbocycles. The third kappa shape index (κ3) is 2.99. The van der Waals surface area contributed by atoms with Gasteiger partial charge in [0.05, 0.1) is 0 Å². The Hall–Kier alpha value is -2.83. The number of anilines is 1. The number of fused-ring (bicyclic) bond motifs is 2. The van der Waals surface area contributed by atoms with Crippen LogP contribution in [-0.4, -0.2) is 42.3 Å². The lowest BCUT2D eigenvalue weighted by molar-refractivity contribution is 0.0940. The summed E-state index contributed by atoms with van der Waals surface area (Å²) >= 11 is 0. The highest BCUT2D eigenvalue weighted by molar-refractivity contribution is 5.96. The van der Waals surface area contributed by atoms with Crippen LogP contribution in [0, 0.1) is 5.41 Å². The normalized spacial score (nSPS) is 21.2. The number of nitrogens with zero attached hydrogens (tertiary/aromatic N) is 3. The standard InChI is InChI=1S/C23H26N4O3/c28-22-20-16(5-9-24-22)21(27-10-8-23(13-27)6-1-2-7-23)26-19(25-20)12-15-3-4-17-18(11-15)30-14-29-17/h3-4,11H,1-2,5-10,12-14H2,(H,24,28). The van der Waals surface area contributed by atoms with Gasteiger partial charge < -0.3 is 19.7 Å². The van der Waals surface area contributed by atoms with E-state index in [0.717, 1.165) is 48.0 Å². The van der Waals surface area contributed by atoms with Crippen molar-refractivity contribution in [1.29, 1.82) is 0 Å². The van der Waals surface area contributed by atoms with E-state index in [4.69, 9.17) is 14.5 Å². The summed E-state index contributed by atoms with van der Waals surface area (Å²) in [4.78, 5) is 24.7. The van der Waals surface area contributed by atoms with Crippen LogP contribution >= 0.6 is 0 Å². The van der Waals surface area contributed by atoms with Crippen LogP contribution in [-0.2, 0) is 12.8 Å². The van der Waals surface area contributed by atoms with Crippen molar-refractivity contribution in [3.63, 3.8) is 0 Å². The Morgan fingerprint density at radius 3 is 2.87 bits per heavy atom. The van der Waals surface area contributed by atoms with Gasteiger partial charge in [-0.3, -0.25) is 4.79 Å². The van der Waals surface area contributed by atoms with Gasteiger partial charge in [0.1, 0.15) is 17.3 Å². The molecule has 3 aliphatic heterocycles. The lowest BCUT2D eigenvalue weighted by atomic mass is 9.86. The third-order valence-electron chi connectivity index (χ3n) is 7.11. The van der Waals surface area contributed by atoms with E-state index in [1.54, 1.807) is 0 Å². The minimum atomic E-state index is -0.0818. The summed E-state index contributed by atoms with van der Waals surface area (Å²) in [6, 6.07) is 5.92. The Balaban J connectivity index is 1.36. The van der Waals surface area contributed by atoms with Crippen LogP contribution < -0.4 is 19.7 Å². The van der Waals surface area contributed by atoms with Crippen LogP contribution in [0.5, 0.6) is 11.5 Å². The molecule has 0 unspecified atom stereocenters. The van der Waals surface area contributed by atoms with Gasteiger partial charge in [0.25, 0.3) is 5.91 Å². The topological polar surface area (TPSA) is 76.6 Å². The van der Waals surface area contributed by atoms with E-state index in [1.807, 2.05) is 18.2 Å². The predicted octanol–water partition coefficient (Wildman–Crippen LogP) is 2.85. The molecule has 0 radical (unpaired) electrons. The molecule has 7 nitrogen and oxygen atoms in total. The zero-order valence-electron chi connectivity index (χ0n) is 17.1. The summed E-state index contributed by atoms with van der Waals surface area (Å²) in [5.41, 5.74) is 3.07. The highest BCUT2D eigenvalue weighted by Crippen LogP contribution is 2.46. The molecule has 4 aliphatic rings. The summed E-state index contributed by atoms with van der Waals surface area (Å²) in [6.07, 6.45) is 7.91. The third-order valence-corrected chi connectivity index (χ3v) is 7.11. The number of amides is 1. The fourth-order valence-electron chi connectivity index (χ4n) is 5.54. The Labute approximate surface area is 175 Å². The number of ether oxygens (including phenoxy) is 2. The van der Waals surface area contributed by atoms with E-state index < -0.39 is 0 Å². The van der Waals surface area contributed by atoms with Gasteiger partial charge >= 0.3 is 0 Å². The summed E-state index contributed by atoms with van der Waals surface area (Å²) in [7, 11) is 0. The lowest BCUT2D eigenvalue weighted by Crippen LogP contribution is -2.36. The molecule has 1 aliphatic carbocycles. The molecule has 2 fully saturated rings. The van der Waals surface area contributed by atoms with Crippen LogP contribution in [0.15, 0.2) is 18.2 Å². The predicted molar refractivity (Wildman–Crippen MR) is 111 cm³/mol. The molecular weight excluding hydrogens is 380 g/mol. The fraction of sp³-hybridized carbons (Fsp3) is 0.522. The molecule has 0 bridgehead atoms. The molecule has 1 saturated heterocycles. The molecule has 7 heteroatoms. The first-order valence-corrected chi connectivity index (χ1v) is 11.0. The van der Waals surface area contributed by atoms with Crippen LogP contribution in [0.2, 0.25) is 0 Å². The van der Waals surface area contributed by atoms with Gasteiger partial charge in [-0.2, -0.15) is 0 Å². The molecule has 30 heavy (non-hydrogen) atoms. The second kappa shape index (κ2) is 6.86. The van der Waals surface area contributed by atoms with Crippen molar-refractivity contribution in [2.24, 2.45) is 5.41 Å². The van der Waals surface area contributed by atoms with Crippen LogP contribution in [0.1, 0.15) is 59.5 Å². The largest absolute Gasteiger partial charge is 0.454 e. The van der Waals surface area contributed by atoms with Gasteiger partial charge in [0, 0.05) is 31.6 Å². The minimum Gasteiger partial charge on any atom is -0.454 e. The molecule has 6 rings (SSSR count). The molecule has 4 heterocycles. The van der Waals surface area contributed by atoms with Crippen molar-refractivity contribution in [2.45, 2.75) is 44.9 Å². The number of carbonyl (C=O) groups is 1. The van der Waals surface area contributed by atoms with Crippen molar-refractivity contribution < 1.29 is 14.3 Å². The highest BCUT2D eigenvalue weighted by atomic mass is 16.7. The maximum absolute atomic E-state index is 12.6. The smallest absolute Gasteiger partial charge is 0.270 e. The molecule has 1 aromatic heterocycles. The number of aromatic nitrogens is 2. The monoisotopic (exact) mass is 406 g/mol.